The van der Waals surface area contributed by atoms with Gasteiger partial charge in [-0.25, -0.2) is 21.8 Å². The zero-order chi connectivity index (χ0) is 22.3. The van der Waals surface area contributed by atoms with Crippen LogP contribution in [0.1, 0.15) is 5.56 Å². The molecule has 1 saturated heterocycles. The van der Waals surface area contributed by atoms with Crippen LogP contribution in [-0.2, 0) is 19.9 Å². The van der Waals surface area contributed by atoms with Gasteiger partial charge in [0.2, 0.25) is 19.9 Å². The number of nitriles is 1. The lowest BCUT2D eigenvalue weighted by molar-refractivity contribution is 0.00156. The number of sulfonamides is 1. The molecule has 0 spiro atoms. The van der Waals surface area contributed by atoms with E-state index in [1.807, 2.05) is 6.07 Å². The predicted molar refractivity (Wildman–Crippen MR) is 107 cm³/mol. The first-order valence-electron chi connectivity index (χ1n) is 8.34. The van der Waals surface area contributed by atoms with E-state index in [2.05, 4.69) is 4.98 Å². The minimum absolute atomic E-state index is 0.140. The predicted octanol–water partition coefficient (Wildman–Crippen LogP) is 0.830. The molecule has 3 rings (SSSR count). The van der Waals surface area contributed by atoms with Gasteiger partial charge in [0.05, 0.1) is 28.3 Å². The Kier molecular flexibility index (Phi) is 6.14. The van der Waals surface area contributed by atoms with Crippen molar-refractivity contribution in [2.45, 2.75) is 20.8 Å². The number of rotatable bonds is 5. The fourth-order valence-electron chi connectivity index (χ4n) is 3.14. The van der Waals surface area contributed by atoms with E-state index >= 15 is 0 Å². The first kappa shape index (κ1) is 22.9. The molecule has 1 aliphatic heterocycles. The number of hydrogen-bond acceptors (Lipinski definition) is 8. The Bertz CT molecular complexity index is 1230. The SMILES string of the molecule is N#Cc1ccc(S(=O)(=O)N2C[C@H](S(=O)(=O)c3ccc(Cl)cn3)[C@](O)(CO)C2)c(Cl)c1. The van der Waals surface area contributed by atoms with Crippen LogP contribution < -0.4 is 0 Å². The van der Waals surface area contributed by atoms with E-state index in [4.69, 9.17) is 28.5 Å². The molecular weight excluding hydrogens is 477 g/mol. The van der Waals surface area contributed by atoms with Gasteiger partial charge in [-0.2, -0.15) is 9.57 Å². The summed E-state index contributed by atoms with van der Waals surface area (Å²) >= 11 is 11.7. The Hall–Kier alpha value is -1.78. The second-order valence-corrected chi connectivity index (χ2v) is 11.5. The van der Waals surface area contributed by atoms with Crippen LogP contribution in [0.3, 0.4) is 0 Å². The van der Waals surface area contributed by atoms with E-state index in [9.17, 15) is 27.0 Å². The summed E-state index contributed by atoms with van der Waals surface area (Å²) in [5.41, 5.74) is -2.13. The van der Waals surface area contributed by atoms with Crippen LogP contribution in [0.5, 0.6) is 0 Å². The van der Waals surface area contributed by atoms with Gasteiger partial charge in [-0.3, -0.25) is 0 Å². The van der Waals surface area contributed by atoms with Crippen molar-refractivity contribution in [3.05, 3.63) is 52.1 Å². The number of β-amino-alcohol motifs (C(OH)–C–C–N with tert-alkyl or cyclic N) is 1. The number of sulfone groups is 1. The highest BCUT2D eigenvalue weighted by molar-refractivity contribution is 7.92. The van der Waals surface area contributed by atoms with Crippen LogP contribution in [0.15, 0.2) is 46.5 Å². The summed E-state index contributed by atoms with van der Waals surface area (Å²) in [5.74, 6) is 0. The van der Waals surface area contributed by atoms with Crippen LogP contribution in [0.4, 0.5) is 0 Å². The monoisotopic (exact) mass is 491 g/mol. The van der Waals surface area contributed by atoms with E-state index in [-0.39, 0.29) is 20.5 Å². The first-order chi connectivity index (χ1) is 14.0. The molecule has 160 valence electrons. The minimum Gasteiger partial charge on any atom is -0.393 e. The molecule has 2 atom stereocenters. The zero-order valence-corrected chi connectivity index (χ0v) is 18.2. The van der Waals surface area contributed by atoms with Gasteiger partial charge in [0.1, 0.15) is 15.7 Å². The summed E-state index contributed by atoms with van der Waals surface area (Å²) < 4.78 is 52.9. The average molecular weight is 492 g/mol. The number of hydrogen-bond donors (Lipinski definition) is 2. The number of pyridine rings is 1. The largest absolute Gasteiger partial charge is 0.393 e. The molecule has 2 heterocycles. The van der Waals surface area contributed by atoms with E-state index in [1.54, 1.807) is 0 Å². The van der Waals surface area contributed by atoms with Gasteiger partial charge in [-0.1, -0.05) is 23.2 Å². The molecule has 13 heteroatoms. The van der Waals surface area contributed by atoms with Crippen LogP contribution >= 0.6 is 23.2 Å². The molecule has 0 bridgehead atoms. The van der Waals surface area contributed by atoms with Crippen molar-refractivity contribution in [3.8, 4) is 6.07 Å². The maximum atomic E-state index is 13.1. The minimum atomic E-state index is -4.34. The van der Waals surface area contributed by atoms with Gasteiger partial charge in [-0.05, 0) is 30.3 Å². The molecule has 0 saturated carbocycles. The maximum absolute atomic E-state index is 13.1. The third-order valence-corrected chi connectivity index (χ3v) is 9.42. The van der Waals surface area contributed by atoms with Gasteiger partial charge in [0, 0.05) is 19.3 Å². The second kappa shape index (κ2) is 8.05. The number of benzene rings is 1. The third kappa shape index (κ3) is 3.92. The molecule has 1 fully saturated rings. The van der Waals surface area contributed by atoms with Crippen molar-refractivity contribution < 1.29 is 27.0 Å². The van der Waals surface area contributed by atoms with Gasteiger partial charge in [-0.15, -0.1) is 0 Å². The summed E-state index contributed by atoms with van der Waals surface area (Å²) in [7, 11) is -8.68. The van der Waals surface area contributed by atoms with Crippen LogP contribution in [0, 0.1) is 11.3 Å². The molecule has 0 aliphatic carbocycles. The summed E-state index contributed by atoms with van der Waals surface area (Å²) in [6, 6.07) is 7.78. The molecule has 30 heavy (non-hydrogen) atoms. The van der Waals surface area contributed by atoms with Crippen molar-refractivity contribution >= 4 is 43.1 Å². The fraction of sp³-hybridized carbons (Fsp3) is 0.294. The molecule has 1 aromatic heterocycles. The van der Waals surface area contributed by atoms with Crippen LogP contribution in [0.2, 0.25) is 10.0 Å². The number of halogens is 2. The molecule has 1 aromatic carbocycles. The highest BCUT2D eigenvalue weighted by Crippen LogP contribution is 2.35. The normalized spacial score (nSPS) is 22.7. The highest BCUT2D eigenvalue weighted by atomic mass is 35.5. The van der Waals surface area contributed by atoms with E-state index < -0.39 is 55.4 Å². The lowest BCUT2D eigenvalue weighted by Gasteiger charge is -2.26. The van der Waals surface area contributed by atoms with Gasteiger partial charge < -0.3 is 10.2 Å². The van der Waals surface area contributed by atoms with Crippen molar-refractivity contribution in [3.63, 3.8) is 0 Å². The lowest BCUT2D eigenvalue weighted by atomic mass is 10.1. The average Bonchev–Trinajstić information content (AvgIpc) is 3.08. The second-order valence-electron chi connectivity index (χ2n) is 6.66. The molecular formula is C17H15Cl2N3O6S2. The fourth-order valence-corrected chi connectivity index (χ4v) is 7.24. The molecule has 2 N–H and O–H groups in total. The van der Waals surface area contributed by atoms with Crippen molar-refractivity contribution in [2.75, 3.05) is 19.7 Å². The maximum Gasteiger partial charge on any atom is 0.244 e. The van der Waals surface area contributed by atoms with E-state index in [0.717, 1.165) is 28.7 Å². The molecule has 2 aromatic rings. The van der Waals surface area contributed by atoms with Gasteiger partial charge in [0.15, 0.2) is 5.03 Å². The van der Waals surface area contributed by atoms with Crippen molar-refractivity contribution in [2.24, 2.45) is 0 Å². The number of aliphatic hydroxyl groups is 2. The third-order valence-electron chi connectivity index (χ3n) is 4.74. The Morgan fingerprint density at radius 1 is 1.23 bits per heavy atom. The molecule has 0 radical (unpaired) electrons. The summed E-state index contributed by atoms with van der Waals surface area (Å²) in [6.45, 7) is -2.32. The van der Waals surface area contributed by atoms with Crippen molar-refractivity contribution in [1.29, 1.82) is 5.26 Å². The lowest BCUT2D eigenvalue weighted by Crippen LogP contribution is -2.49. The van der Waals surface area contributed by atoms with Gasteiger partial charge >= 0.3 is 0 Å². The Morgan fingerprint density at radius 2 is 1.93 bits per heavy atom. The smallest absolute Gasteiger partial charge is 0.244 e. The molecule has 0 unspecified atom stereocenters. The quantitative estimate of drug-likeness (QED) is 0.624. The number of nitrogens with zero attached hydrogens (tertiary/aromatic N) is 3. The summed E-state index contributed by atoms with van der Waals surface area (Å²) in [6.07, 6.45) is 1.10. The molecule has 9 nitrogen and oxygen atoms in total. The van der Waals surface area contributed by atoms with E-state index in [1.165, 1.54) is 12.1 Å². The van der Waals surface area contributed by atoms with E-state index in [0.29, 0.717) is 0 Å². The Morgan fingerprint density at radius 3 is 2.47 bits per heavy atom. The number of aliphatic hydroxyl groups excluding tert-OH is 1. The van der Waals surface area contributed by atoms with Crippen LogP contribution in [0.25, 0.3) is 0 Å². The van der Waals surface area contributed by atoms with Gasteiger partial charge in [0.25, 0.3) is 0 Å². The van der Waals surface area contributed by atoms with Crippen LogP contribution in [-0.4, -0.2) is 66.9 Å². The zero-order valence-electron chi connectivity index (χ0n) is 15.1. The summed E-state index contributed by atoms with van der Waals surface area (Å²) in [4.78, 5) is 3.39. The molecule has 0 amide bonds. The Labute approximate surface area is 183 Å². The first-order valence-corrected chi connectivity index (χ1v) is 12.1. The highest BCUT2D eigenvalue weighted by Gasteiger charge is 2.55. The topological polar surface area (TPSA) is 149 Å². The standard InChI is InChI=1S/C17H15Cl2N3O6S2/c18-12-2-4-16(21-7-12)29(25,26)15-8-22(9-17(15,24)10-23)30(27,28)14-3-1-11(6-20)5-13(14)19/h1-5,7,15,23-24H,8-10H2/t15-,17+/m0/s1. The van der Waals surface area contributed by atoms with Crippen molar-refractivity contribution in [1.82, 2.24) is 9.29 Å². The number of aromatic nitrogens is 1. The molecule has 1 aliphatic rings. The summed E-state index contributed by atoms with van der Waals surface area (Å²) in [5, 5.41) is 27.2. The Balaban J connectivity index is 2.02.